The van der Waals surface area contributed by atoms with E-state index in [2.05, 4.69) is 10.6 Å². The number of hydrogen-bond acceptors (Lipinski definition) is 10. The third kappa shape index (κ3) is 16.0. The van der Waals surface area contributed by atoms with Crippen molar-refractivity contribution in [3.8, 4) is 0 Å². The van der Waals surface area contributed by atoms with E-state index in [1.54, 1.807) is 57.0 Å². The van der Waals surface area contributed by atoms with E-state index in [0.717, 1.165) is 24.8 Å². The van der Waals surface area contributed by atoms with Gasteiger partial charge < -0.3 is 34.6 Å². The highest BCUT2D eigenvalue weighted by Crippen LogP contribution is 2.31. The molecule has 1 heterocycles. The zero-order chi connectivity index (χ0) is 50.0. The number of likely N-dealkylation sites (N-methyl/N-ethyl adjacent to an activating group) is 2. The highest BCUT2D eigenvalue weighted by Gasteiger charge is 2.43. The number of carbonyl (C=O) groups excluding carboxylic acids is 6. The molecular formula is C53H83N5O9. The second-order valence-electron chi connectivity index (χ2n) is 19.2. The SMILES string of the molecule is CCC(C)C(C(=O)N[C@H](C(=O)N(C)C(C(C)CC)C(CC(=O)N1CCCC1C(OC)C(C)C(=O)NC(C)C(OC(=O)CCCCC(=O)c1ccccc1)c1ccccc1)OC)C(C)C)N(C)C. The van der Waals surface area contributed by atoms with Crippen LogP contribution in [0.2, 0.25) is 0 Å². The summed E-state index contributed by atoms with van der Waals surface area (Å²) < 4.78 is 18.1. The minimum absolute atomic E-state index is 0.00342. The normalized spacial score (nSPS) is 18.4. The summed E-state index contributed by atoms with van der Waals surface area (Å²) >= 11 is 0. The number of rotatable bonds is 28. The smallest absolute Gasteiger partial charge is 0.306 e. The number of benzene rings is 2. The van der Waals surface area contributed by atoms with Gasteiger partial charge in [-0.05, 0) is 70.0 Å². The van der Waals surface area contributed by atoms with Gasteiger partial charge in [-0.3, -0.25) is 33.7 Å². The number of hydrogen-bond donors (Lipinski definition) is 2. The maximum Gasteiger partial charge on any atom is 0.306 e. The van der Waals surface area contributed by atoms with E-state index in [0.29, 0.717) is 37.8 Å². The van der Waals surface area contributed by atoms with Crippen molar-refractivity contribution in [2.24, 2.45) is 23.7 Å². The van der Waals surface area contributed by atoms with Crippen LogP contribution in [0.3, 0.4) is 0 Å². The molecule has 0 aromatic heterocycles. The van der Waals surface area contributed by atoms with Crippen LogP contribution in [0.1, 0.15) is 135 Å². The van der Waals surface area contributed by atoms with Gasteiger partial charge in [-0.1, -0.05) is 122 Å². The average molecular weight is 934 g/mol. The van der Waals surface area contributed by atoms with Gasteiger partial charge in [0.25, 0.3) is 0 Å². The lowest BCUT2D eigenvalue weighted by molar-refractivity contribution is -0.152. The minimum atomic E-state index is -0.784. The van der Waals surface area contributed by atoms with Crippen molar-refractivity contribution in [1.82, 2.24) is 25.3 Å². The molecule has 0 spiro atoms. The third-order valence-corrected chi connectivity index (χ3v) is 13.8. The Hall–Kier alpha value is -4.66. The summed E-state index contributed by atoms with van der Waals surface area (Å²) in [6.07, 6.45) is 2.26. The van der Waals surface area contributed by atoms with Crippen LogP contribution >= 0.6 is 0 Å². The molecule has 67 heavy (non-hydrogen) atoms. The number of ketones is 1. The molecule has 1 fully saturated rings. The first-order valence-electron chi connectivity index (χ1n) is 24.5. The second kappa shape index (κ2) is 28.0. The van der Waals surface area contributed by atoms with Gasteiger partial charge in [-0.25, -0.2) is 0 Å². The number of Topliss-reactive ketones (excluding diaryl/α,β-unsaturated/α-hetero) is 1. The lowest BCUT2D eigenvalue weighted by atomic mass is 9.89. The van der Waals surface area contributed by atoms with Crippen LogP contribution < -0.4 is 10.6 Å². The van der Waals surface area contributed by atoms with Gasteiger partial charge >= 0.3 is 5.97 Å². The van der Waals surface area contributed by atoms with Crippen molar-refractivity contribution in [3.63, 3.8) is 0 Å². The molecule has 14 nitrogen and oxygen atoms in total. The quantitative estimate of drug-likeness (QED) is 0.0505. The summed E-state index contributed by atoms with van der Waals surface area (Å²) in [4.78, 5) is 87.7. The van der Waals surface area contributed by atoms with E-state index in [9.17, 15) is 28.8 Å². The van der Waals surface area contributed by atoms with E-state index in [-0.39, 0.29) is 60.0 Å². The van der Waals surface area contributed by atoms with E-state index >= 15 is 0 Å². The first-order chi connectivity index (χ1) is 31.8. The molecule has 14 heteroatoms. The van der Waals surface area contributed by atoms with Crippen molar-refractivity contribution in [2.45, 2.75) is 162 Å². The number of likely N-dealkylation sites (tertiary alicyclic amines) is 1. The summed E-state index contributed by atoms with van der Waals surface area (Å²) in [6.45, 7) is 16.0. The predicted molar refractivity (Wildman–Crippen MR) is 262 cm³/mol. The maximum absolute atomic E-state index is 14.4. The van der Waals surface area contributed by atoms with E-state index in [1.807, 2.05) is 109 Å². The van der Waals surface area contributed by atoms with Gasteiger partial charge in [0, 0.05) is 46.2 Å². The van der Waals surface area contributed by atoms with Crippen molar-refractivity contribution >= 4 is 35.4 Å². The van der Waals surface area contributed by atoms with Crippen LogP contribution in [0, 0.1) is 23.7 Å². The second-order valence-corrected chi connectivity index (χ2v) is 19.2. The molecule has 1 saturated heterocycles. The molecule has 2 aromatic carbocycles. The van der Waals surface area contributed by atoms with E-state index in [4.69, 9.17) is 14.2 Å². The summed E-state index contributed by atoms with van der Waals surface area (Å²) in [6, 6.07) is 15.7. The van der Waals surface area contributed by atoms with Crippen molar-refractivity contribution in [1.29, 1.82) is 0 Å². The Kier molecular flexibility index (Phi) is 23.7. The lowest BCUT2D eigenvalue weighted by Crippen LogP contribution is -2.60. The van der Waals surface area contributed by atoms with Crippen LogP contribution in [-0.2, 0) is 38.2 Å². The van der Waals surface area contributed by atoms with Crippen LogP contribution in [0.5, 0.6) is 0 Å². The molecule has 0 aliphatic carbocycles. The molecule has 0 radical (unpaired) electrons. The van der Waals surface area contributed by atoms with Crippen molar-refractivity contribution in [3.05, 3.63) is 71.8 Å². The molecule has 0 bridgehead atoms. The van der Waals surface area contributed by atoms with Crippen LogP contribution in [-0.4, -0.2) is 134 Å². The van der Waals surface area contributed by atoms with Crippen LogP contribution in [0.25, 0.3) is 0 Å². The Balaban J connectivity index is 1.73. The number of carbonyl (C=O) groups is 6. The van der Waals surface area contributed by atoms with Gasteiger partial charge in [0.05, 0.1) is 48.7 Å². The standard InChI is InChI=1S/C53H83N5O9/c1-14-35(5)47(57(11)53(64)46(34(3)4)55-52(63)48(56(9)10)36(6)15-2)43(65-12)33-44(60)58-32-24-29-41(58)49(66-13)37(7)51(62)54-38(8)50(40-27-20-17-21-28-40)67-45(61)31-23-22-30-42(59)39-25-18-16-19-26-39/h16-21,25-28,34-38,41,43,46-50H,14-15,22-24,29-33H2,1-13H3,(H,54,62)(H,55,63)/t35?,36?,37?,38?,41?,43?,46-,47?,48?,49?,50?/m0/s1. The molecule has 3 rings (SSSR count). The fourth-order valence-electron chi connectivity index (χ4n) is 9.56. The molecular weight excluding hydrogens is 851 g/mol. The summed E-state index contributed by atoms with van der Waals surface area (Å²) in [5.74, 6) is -2.16. The fourth-order valence-corrected chi connectivity index (χ4v) is 9.56. The molecule has 0 saturated carbocycles. The lowest BCUT2D eigenvalue weighted by Gasteiger charge is -2.41. The molecule has 2 aromatic rings. The molecule has 2 N–H and O–H groups in total. The number of methoxy groups -OCH3 is 2. The topological polar surface area (TPSA) is 164 Å². The third-order valence-electron chi connectivity index (χ3n) is 13.8. The summed E-state index contributed by atoms with van der Waals surface area (Å²) in [5, 5.41) is 6.16. The first-order valence-corrected chi connectivity index (χ1v) is 24.5. The minimum Gasteiger partial charge on any atom is -0.455 e. The Bertz CT molecular complexity index is 1860. The number of nitrogens with one attached hydrogen (secondary N) is 2. The van der Waals surface area contributed by atoms with Gasteiger partial charge in [0.15, 0.2) is 5.78 Å². The number of amides is 4. The fraction of sp³-hybridized carbons (Fsp3) is 0.660. The molecule has 374 valence electrons. The zero-order valence-electron chi connectivity index (χ0n) is 42.8. The van der Waals surface area contributed by atoms with Gasteiger partial charge in [-0.15, -0.1) is 0 Å². The molecule has 10 unspecified atom stereocenters. The Morgan fingerprint density at radius 3 is 1.91 bits per heavy atom. The number of esters is 1. The number of unbranched alkanes of at least 4 members (excludes halogenated alkanes) is 1. The average Bonchev–Trinajstić information content (AvgIpc) is 3.80. The number of nitrogens with zero attached hydrogens (tertiary/aromatic N) is 3. The predicted octanol–water partition coefficient (Wildman–Crippen LogP) is 7.26. The van der Waals surface area contributed by atoms with Crippen LogP contribution in [0.15, 0.2) is 60.7 Å². The Morgan fingerprint density at radius 2 is 1.36 bits per heavy atom. The number of ether oxygens (including phenoxy) is 3. The van der Waals surface area contributed by atoms with Crippen molar-refractivity contribution < 1.29 is 43.0 Å². The Labute approximate surface area is 401 Å². The molecule has 1 aliphatic rings. The highest BCUT2D eigenvalue weighted by atomic mass is 16.5. The molecule has 1 aliphatic heterocycles. The van der Waals surface area contributed by atoms with Gasteiger partial charge in [0.1, 0.15) is 12.1 Å². The summed E-state index contributed by atoms with van der Waals surface area (Å²) in [7, 11) is 8.58. The largest absolute Gasteiger partial charge is 0.455 e. The summed E-state index contributed by atoms with van der Waals surface area (Å²) in [5.41, 5.74) is 1.38. The monoisotopic (exact) mass is 934 g/mol. The molecule has 11 atom stereocenters. The Morgan fingerprint density at radius 1 is 0.761 bits per heavy atom. The maximum atomic E-state index is 14.4. The molecule has 4 amide bonds. The first kappa shape index (κ1) is 56.7. The highest BCUT2D eigenvalue weighted by molar-refractivity contribution is 5.96. The zero-order valence-corrected chi connectivity index (χ0v) is 42.8. The van der Waals surface area contributed by atoms with Crippen molar-refractivity contribution in [2.75, 3.05) is 41.9 Å². The van der Waals surface area contributed by atoms with Gasteiger partial charge in [0.2, 0.25) is 23.6 Å². The van der Waals surface area contributed by atoms with Gasteiger partial charge in [-0.2, -0.15) is 0 Å². The van der Waals surface area contributed by atoms with E-state index < -0.39 is 60.4 Å². The van der Waals surface area contributed by atoms with E-state index in [1.165, 1.54) is 0 Å². The van der Waals surface area contributed by atoms with Crippen LogP contribution in [0.4, 0.5) is 0 Å².